The highest BCUT2D eigenvalue weighted by Gasteiger charge is 2.35. The van der Waals surface area contributed by atoms with Crippen LogP contribution in [0.25, 0.3) is 22.3 Å². The SMILES string of the molecule is CN(C)C(=O)C1Cc2nc(-c3cccc4[nH]ncc34)nc(N3CCOCC3)c2S1. The van der Waals surface area contributed by atoms with E-state index in [4.69, 9.17) is 14.7 Å². The van der Waals surface area contributed by atoms with Gasteiger partial charge in [0.2, 0.25) is 5.91 Å². The van der Waals surface area contributed by atoms with Crippen molar-refractivity contribution in [3.8, 4) is 11.4 Å². The molecule has 4 heterocycles. The van der Waals surface area contributed by atoms with Gasteiger partial charge < -0.3 is 14.5 Å². The van der Waals surface area contributed by atoms with Gasteiger partial charge in [0.05, 0.1) is 40.8 Å². The third kappa shape index (κ3) is 3.24. The zero-order valence-electron chi connectivity index (χ0n) is 16.4. The van der Waals surface area contributed by atoms with Gasteiger partial charge in [0.15, 0.2) is 5.82 Å². The second kappa shape index (κ2) is 7.31. The average molecular weight is 411 g/mol. The number of rotatable bonds is 3. The van der Waals surface area contributed by atoms with Crippen LogP contribution in [0.4, 0.5) is 5.82 Å². The first-order valence-corrected chi connectivity index (χ1v) is 10.5. The number of nitrogens with zero attached hydrogens (tertiary/aromatic N) is 5. The number of benzene rings is 1. The van der Waals surface area contributed by atoms with E-state index >= 15 is 0 Å². The maximum atomic E-state index is 12.6. The fourth-order valence-corrected chi connectivity index (χ4v) is 5.18. The lowest BCUT2D eigenvalue weighted by molar-refractivity contribution is -0.128. The lowest BCUT2D eigenvalue weighted by Gasteiger charge is -2.29. The third-order valence-electron chi connectivity index (χ3n) is 5.31. The maximum absolute atomic E-state index is 12.6. The molecular weight excluding hydrogens is 388 g/mol. The molecule has 0 radical (unpaired) electrons. The Morgan fingerprint density at radius 1 is 1.28 bits per heavy atom. The van der Waals surface area contributed by atoms with Crippen molar-refractivity contribution in [2.24, 2.45) is 0 Å². The predicted octanol–water partition coefficient (Wildman–Crippen LogP) is 1.96. The summed E-state index contributed by atoms with van der Waals surface area (Å²) in [5, 5.41) is 8.01. The van der Waals surface area contributed by atoms with Crippen LogP contribution < -0.4 is 4.90 Å². The Labute approximate surface area is 172 Å². The molecule has 1 N–H and O–H groups in total. The molecule has 1 aromatic carbocycles. The summed E-state index contributed by atoms with van der Waals surface area (Å²) in [6.07, 6.45) is 2.42. The zero-order valence-corrected chi connectivity index (χ0v) is 17.2. The number of carbonyl (C=O) groups is 1. The molecule has 2 aliphatic heterocycles. The Morgan fingerprint density at radius 3 is 2.90 bits per heavy atom. The summed E-state index contributed by atoms with van der Waals surface area (Å²) in [4.78, 5) is 27.4. The number of anilines is 1. The van der Waals surface area contributed by atoms with E-state index in [1.165, 1.54) is 0 Å². The number of ether oxygens (including phenoxy) is 1. The van der Waals surface area contributed by atoms with Gasteiger partial charge in [0.1, 0.15) is 5.82 Å². The summed E-state index contributed by atoms with van der Waals surface area (Å²) < 4.78 is 5.53. The molecule has 5 rings (SSSR count). The van der Waals surface area contributed by atoms with E-state index in [0.29, 0.717) is 25.5 Å². The number of aromatic amines is 1. The molecule has 2 aliphatic rings. The van der Waals surface area contributed by atoms with Gasteiger partial charge in [0, 0.05) is 44.6 Å². The van der Waals surface area contributed by atoms with E-state index in [9.17, 15) is 4.79 Å². The van der Waals surface area contributed by atoms with Crippen molar-refractivity contribution in [3.05, 3.63) is 30.1 Å². The maximum Gasteiger partial charge on any atom is 0.235 e. The lowest BCUT2D eigenvalue weighted by Crippen LogP contribution is -2.37. The van der Waals surface area contributed by atoms with E-state index in [1.807, 2.05) is 24.4 Å². The average Bonchev–Trinajstić information content (AvgIpc) is 3.39. The van der Waals surface area contributed by atoms with E-state index in [0.717, 1.165) is 46.0 Å². The first kappa shape index (κ1) is 18.4. The number of H-pyrrole nitrogens is 1. The minimum Gasteiger partial charge on any atom is -0.378 e. The van der Waals surface area contributed by atoms with Crippen LogP contribution in [0.3, 0.4) is 0 Å². The van der Waals surface area contributed by atoms with Gasteiger partial charge in [-0.05, 0) is 6.07 Å². The minimum atomic E-state index is -0.158. The Bertz CT molecular complexity index is 1080. The van der Waals surface area contributed by atoms with Gasteiger partial charge in [-0.25, -0.2) is 9.97 Å². The van der Waals surface area contributed by atoms with Gasteiger partial charge in [-0.15, -0.1) is 11.8 Å². The number of nitrogens with one attached hydrogen (secondary N) is 1. The van der Waals surface area contributed by atoms with Crippen LogP contribution in [-0.2, 0) is 16.0 Å². The molecule has 1 atom stereocenters. The first-order chi connectivity index (χ1) is 14.1. The predicted molar refractivity (Wildman–Crippen MR) is 112 cm³/mol. The highest BCUT2D eigenvalue weighted by Crippen LogP contribution is 2.43. The molecule has 3 aromatic rings. The highest BCUT2D eigenvalue weighted by molar-refractivity contribution is 8.01. The fourth-order valence-electron chi connectivity index (χ4n) is 3.80. The number of hydrogen-bond donors (Lipinski definition) is 1. The molecule has 9 heteroatoms. The van der Waals surface area contributed by atoms with Crippen molar-refractivity contribution < 1.29 is 9.53 Å². The number of carbonyl (C=O) groups excluding carboxylic acids is 1. The molecule has 2 aromatic heterocycles. The normalized spacial score (nSPS) is 18.8. The number of amides is 1. The molecule has 0 saturated carbocycles. The molecule has 0 aliphatic carbocycles. The van der Waals surface area contributed by atoms with Crippen molar-refractivity contribution in [1.29, 1.82) is 0 Å². The van der Waals surface area contributed by atoms with E-state index < -0.39 is 0 Å². The fraction of sp³-hybridized carbons (Fsp3) is 0.400. The number of fused-ring (bicyclic) bond motifs is 2. The monoisotopic (exact) mass is 410 g/mol. The van der Waals surface area contributed by atoms with Gasteiger partial charge in [-0.1, -0.05) is 12.1 Å². The summed E-state index contributed by atoms with van der Waals surface area (Å²) in [6, 6.07) is 5.99. The van der Waals surface area contributed by atoms with Crippen LogP contribution in [0.15, 0.2) is 29.3 Å². The summed E-state index contributed by atoms with van der Waals surface area (Å²) in [5.74, 6) is 1.70. The van der Waals surface area contributed by atoms with E-state index in [-0.39, 0.29) is 11.2 Å². The largest absolute Gasteiger partial charge is 0.378 e. The molecule has 1 unspecified atom stereocenters. The van der Waals surface area contributed by atoms with Crippen molar-refractivity contribution in [2.45, 2.75) is 16.6 Å². The Morgan fingerprint density at radius 2 is 2.10 bits per heavy atom. The molecule has 0 spiro atoms. The molecule has 29 heavy (non-hydrogen) atoms. The van der Waals surface area contributed by atoms with Crippen molar-refractivity contribution >= 4 is 34.4 Å². The van der Waals surface area contributed by atoms with Gasteiger partial charge in [-0.2, -0.15) is 5.10 Å². The van der Waals surface area contributed by atoms with Crippen molar-refractivity contribution in [2.75, 3.05) is 45.3 Å². The Kier molecular flexibility index (Phi) is 4.63. The number of morpholine rings is 1. The van der Waals surface area contributed by atoms with E-state index in [2.05, 4.69) is 15.1 Å². The van der Waals surface area contributed by atoms with E-state index in [1.54, 1.807) is 30.8 Å². The van der Waals surface area contributed by atoms with Gasteiger partial charge in [-0.3, -0.25) is 9.89 Å². The quantitative estimate of drug-likeness (QED) is 0.706. The summed E-state index contributed by atoms with van der Waals surface area (Å²) in [6.45, 7) is 2.92. The van der Waals surface area contributed by atoms with Crippen LogP contribution in [0.1, 0.15) is 5.69 Å². The Hall–Kier alpha value is -2.65. The summed E-state index contributed by atoms with van der Waals surface area (Å²) in [7, 11) is 3.59. The zero-order chi connectivity index (χ0) is 20.0. The van der Waals surface area contributed by atoms with Crippen molar-refractivity contribution in [1.82, 2.24) is 25.1 Å². The second-order valence-corrected chi connectivity index (χ2v) is 8.64. The number of aromatic nitrogens is 4. The number of hydrogen-bond acceptors (Lipinski definition) is 7. The summed E-state index contributed by atoms with van der Waals surface area (Å²) >= 11 is 1.58. The smallest absolute Gasteiger partial charge is 0.235 e. The summed E-state index contributed by atoms with van der Waals surface area (Å²) in [5.41, 5.74) is 2.85. The molecule has 1 saturated heterocycles. The third-order valence-corrected chi connectivity index (χ3v) is 6.62. The molecule has 0 bridgehead atoms. The topological polar surface area (TPSA) is 87.2 Å². The Balaban J connectivity index is 1.62. The van der Waals surface area contributed by atoms with Crippen molar-refractivity contribution in [3.63, 3.8) is 0 Å². The molecular formula is C20H22N6O2S. The minimum absolute atomic E-state index is 0.111. The molecule has 8 nitrogen and oxygen atoms in total. The van der Waals surface area contributed by atoms with Gasteiger partial charge >= 0.3 is 0 Å². The van der Waals surface area contributed by atoms with Crippen LogP contribution in [0, 0.1) is 0 Å². The highest BCUT2D eigenvalue weighted by atomic mass is 32.2. The molecule has 1 amide bonds. The first-order valence-electron chi connectivity index (χ1n) is 9.65. The molecule has 1 fully saturated rings. The van der Waals surface area contributed by atoms with Crippen LogP contribution in [-0.4, -0.2) is 76.6 Å². The van der Waals surface area contributed by atoms with Crippen LogP contribution in [0.2, 0.25) is 0 Å². The number of thioether (sulfide) groups is 1. The lowest BCUT2D eigenvalue weighted by atomic mass is 10.1. The second-order valence-electron chi connectivity index (χ2n) is 7.43. The standard InChI is InChI=1S/C20H22N6O2S/c1-25(2)20(27)16-10-15-17(29-16)19(26-6-8-28-9-7-26)23-18(22-15)12-4-3-5-14-13(12)11-21-24-14/h3-5,11,16H,6-10H2,1-2H3,(H,21,24). The molecule has 150 valence electrons. The van der Waals surface area contributed by atoms with Crippen LogP contribution >= 0.6 is 11.8 Å². The van der Waals surface area contributed by atoms with Crippen LogP contribution in [0.5, 0.6) is 0 Å². The van der Waals surface area contributed by atoms with Gasteiger partial charge in [0.25, 0.3) is 0 Å².